The van der Waals surface area contributed by atoms with Crippen LogP contribution in [0.4, 0.5) is 4.39 Å². The third-order valence-electron chi connectivity index (χ3n) is 5.01. The van der Waals surface area contributed by atoms with E-state index in [0.29, 0.717) is 55.7 Å². The van der Waals surface area contributed by atoms with Crippen LogP contribution < -0.4 is 4.74 Å². The Bertz CT molecular complexity index is 1030. The maximum Gasteiger partial charge on any atom is 0.243 e. The minimum atomic E-state index is -3.66. The lowest BCUT2D eigenvalue weighted by atomic mass is 10.1. The van der Waals surface area contributed by atoms with Crippen molar-refractivity contribution in [2.75, 3.05) is 33.0 Å². The summed E-state index contributed by atoms with van der Waals surface area (Å²) in [5.41, 5.74) is 1.43. The van der Waals surface area contributed by atoms with Crippen molar-refractivity contribution in [3.05, 3.63) is 57.3 Å². The molecule has 0 amide bonds. The van der Waals surface area contributed by atoms with Gasteiger partial charge in [0.15, 0.2) is 6.79 Å². The van der Waals surface area contributed by atoms with E-state index >= 15 is 0 Å². The monoisotopic (exact) mass is 460 g/mol. The topological polar surface area (TPSA) is 59.1 Å². The summed E-state index contributed by atoms with van der Waals surface area (Å²) in [6.45, 7) is 2.61. The van der Waals surface area contributed by atoms with E-state index in [-0.39, 0.29) is 22.5 Å². The molecule has 6 nitrogen and oxygen atoms in total. The number of rotatable bonds is 4. The Hall–Kier alpha value is -1.42. The number of nitrogens with zero attached hydrogens (tertiary/aromatic N) is 2. The summed E-state index contributed by atoms with van der Waals surface area (Å²) in [4.78, 5) is 2.20. The standard InChI is InChI=1S/C19H19Cl2FN2O4S/c20-17-2-1-16(9-18(17)21)29(25,26)24-5-3-23(4-6-24)10-13-7-15(22)8-14-11-27-12-28-19(13)14/h1-2,7-9H,3-6,10-12H2. The van der Waals surface area contributed by atoms with Crippen LogP contribution in [0, 0.1) is 5.82 Å². The van der Waals surface area contributed by atoms with E-state index in [4.69, 9.17) is 32.7 Å². The van der Waals surface area contributed by atoms with Gasteiger partial charge in [-0.25, -0.2) is 12.8 Å². The molecule has 2 aliphatic heterocycles. The van der Waals surface area contributed by atoms with Crippen molar-refractivity contribution >= 4 is 33.2 Å². The number of ether oxygens (including phenoxy) is 2. The highest BCUT2D eigenvalue weighted by Gasteiger charge is 2.29. The summed E-state index contributed by atoms with van der Waals surface area (Å²) >= 11 is 11.9. The minimum absolute atomic E-state index is 0.118. The molecular formula is C19H19Cl2FN2O4S. The molecule has 0 N–H and O–H groups in total. The number of benzene rings is 2. The fraction of sp³-hybridized carbons (Fsp3) is 0.368. The van der Waals surface area contributed by atoms with Gasteiger partial charge in [0.1, 0.15) is 11.6 Å². The van der Waals surface area contributed by atoms with Crippen molar-refractivity contribution in [1.29, 1.82) is 0 Å². The van der Waals surface area contributed by atoms with Crippen LogP contribution >= 0.6 is 23.2 Å². The predicted molar refractivity (Wildman–Crippen MR) is 107 cm³/mol. The number of piperazine rings is 1. The minimum Gasteiger partial charge on any atom is -0.467 e. The fourth-order valence-electron chi connectivity index (χ4n) is 3.53. The molecule has 0 radical (unpaired) electrons. The Labute approximate surface area is 178 Å². The maximum absolute atomic E-state index is 13.9. The van der Waals surface area contributed by atoms with Gasteiger partial charge in [-0.1, -0.05) is 23.2 Å². The molecule has 2 aromatic carbocycles. The maximum atomic E-state index is 13.9. The second-order valence-corrected chi connectivity index (χ2v) is 9.67. The van der Waals surface area contributed by atoms with Crippen molar-refractivity contribution in [1.82, 2.24) is 9.21 Å². The van der Waals surface area contributed by atoms with Gasteiger partial charge in [-0.2, -0.15) is 4.31 Å². The molecule has 0 aromatic heterocycles. The molecule has 156 valence electrons. The van der Waals surface area contributed by atoms with Gasteiger partial charge in [-0.3, -0.25) is 4.90 Å². The highest BCUT2D eigenvalue weighted by atomic mass is 35.5. The molecule has 0 aliphatic carbocycles. The lowest BCUT2D eigenvalue weighted by Crippen LogP contribution is -2.48. The molecule has 0 spiro atoms. The molecule has 2 aromatic rings. The molecule has 29 heavy (non-hydrogen) atoms. The first kappa shape index (κ1) is 20.8. The molecule has 10 heteroatoms. The van der Waals surface area contributed by atoms with Crippen molar-refractivity contribution in [3.63, 3.8) is 0 Å². The van der Waals surface area contributed by atoms with Crippen LogP contribution in [0.25, 0.3) is 0 Å². The summed E-state index contributed by atoms with van der Waals surface area (Å²) in [7, 11) is -3.66. The van der Waals surface area contributed by atoms with Crippen molar-refractivity contribution in [3.8, 4) is 5.75 Å². The Morgan fingerprint density at radius 2 is 1.79 bits per heavy atom. The number of hydrogen-bond donors (Lipinski definition) is 0. The van der Waals surface area contributed by atoms with Crippen molar-refractivity contribution in [2.45, 2.75) is 18.0 Å². The number of halogens is 3. The summed E-state index contributed by atoms with van der Waals surface area (Å²) < 4.78 is 51.9. The Kier molecular flexibility index (Phi) is 6.02. The molecule has 0 saturated carbocycles. The van der Waals surface area contributed by atoms with Crippen LogP contribution in [0.3, 0.4) is 0 Å². The van der Waals surface area contributed by atoms with Crippen LogP contribution in [0.1, 0.15) is 11.1 Å². The summed E-state index contributed by atoms with van der Waals surface area (Å²) in [6.07, 6.45) is 0. The van der Waals surface area contributed by atoms with E-state index < -0.39 is 10.0 Å². The molecule has 1 saturated heterocycles. The number of hydrogen-bond acceptors (Lipinski definition) is 5. The first-order valence-electron chi connectivity index (χ1n) is 9.04. The molecular weight excluding hydrogens is 442 g/mol. The van der Waals surface area contributed by atoms with Gasteiger partial charge in [-0.05, 0) is 30.3 Å². The van der Waals surface area contributed by atoms with Crippen LogP contribution in [0.5, 0.6) is 5.75 Å². The first-order chi connectivity index (χ1) is 13.8. The molecule has 0 unspecified atom stereocenters. The van der Waals surface area contributed by atoms with Gasteiger partial charge in [0.2, 0.25) is 10.0 Å². The Balaban J connectivity index is 1.45. The molecule has 2 aliphatic rings. The molecule has 1 fully saturated rings. The third kappa shape index (κ3) is 4.38. The highest BCUT2D eigenvalue weighted by molar-refractivity contribution is 7.89. The quantitative estimate of drug-likeness (QED) is 0.698. The Morgan fingerprint density at radius 1 is 1.03 bits per heavy atom. The van der Waals surface area contributed by atoms with Gasteiger partial charge in [-0.15, -0.1) is 0 Å². The van der Waals surface area contributed by atoms with Crippen LogP contribution in [0.15, 0.2) is 35.2 Å². The molecule has 0 bridgehead atoms. The van der Waals surface area contributed by atoms with Gasteiger partial charge in [0, 0.05) is 43.9 Å². The summed E-state index contributed by atoms with van der Waals surface area (Å²) in [5.74, 6) is 0.317. The summed E-state index contributed by atoms with van der Waals surface area (Å²) in [6, 6.07) is 7.17. The van der Waals surface area contributed by atoms with E-state index in [2.05, 4.69) is 4.90 Å². The zero-order chi connectivity index (χ0) is 20.6. The van der Waals surface area contributed by atoms with Crippen LogP contribution in [0.2, 0.25) is 10.0 Å². The number of fused-ring (bicyclic) bond motifs is 1. The van der Waals surface area contributed by atoms with E-state index in [1.807, 2.05) is 0 Å². The van der Waals surface area contributed by atoms with Gasteiger partial charge in [0.05, 0.1) is 21.5 Å². The summed E-state index contributed by atoms with van der Waals surface area (Å²) in [5, 5.41) is 0.507. The average molecular weight is 461 g/mol. The third-order valence-corrected chi connectivity index (χ3v) is 7.64. The average Bonchev–Trinajstić information content (AvgIpc) is 2.70. The van der Waals surface area contributed by atoms with Crippen molar-refractivity contribution in [2.24, 2.45) is 0 Å². The number of sulfonamides is 1. The highest BCUT2D eigenvalue weighted by Crippen LogP contribution is 2.31. The normalized spacial score (nSPS) is 18.3. The lowest BCUT2D eigenvalue weighted by Gasteiger charge is -2.34. The van der Waals surface area contributed by atoms with Crippen LogP contribution in [-0.2, 0) is 27.9 Å². The smallest absolute Gasteiger partial charge is 0.243 e. The first-order valence-corrected chi connectivity index (χ1v) is 11.2. The largest absolute Gasteiger partial charge is 0.467 e. The molecule has 2 heterocycles. The molecule has 4 rings (SSSR count). The van der Waals surface area contributed by atoms with Gasteiger partial charge in [0.25, 0.3) is 0 Å². The van der Waals surface area contributed by atoms with Crippen molar-refractivity contribution < 1.29 is 22.3 Å². The van der Waals surface area contributed by atoms with E-state index in [9.17, 15) is 12.8 Å². The fourth-order valence-corrected chi connectivity index (χ4v) is 5.34. The second kappa shape index (κ2) is 8.37. The lowest BCUT2D eigenvalue weighted by molar-refractivity contribution is -0.0178. The Morgan fingerprint density at radius 3 is 2.52 bits per heavy atom. The van der Waals surface area contributed by atoms with Gasteiger partial charge < -0.3 is 9.47 Å². The second-order valence-electron chi connectivity index (χ2n) is 6.92. The zero-order valence-corrected chi connectivity index (χ0v) is 17.7. The predicted octanol–water partition coefficient (Wildman–Crippen LogP) is 3.51. The van der Waals surface area contributed by atoms with Gasteiger partial charge >= 0.3 is 0 Å². The van der Waals surface area contributed by atoms with E-state index in [0.717, 1.165) is 5.56 Å². The van der Waals surface area contributed by atoms with E-state index in [1.165, 1.54) is 34.6 Å². The zero-order valence-electron chi connectivity index (χ0n) is 15.4. The van der Waals surface area contributed by atoms with E-state index in [1.54, 1.807) is 0 Å². The SMILES string of the molecule is O=S(=O)(c1ccc(Cl)c(Cl)c1)N1CCN(Cc2cc(F)cc3c2OCOC3)CC1. The van der Waals surface area contributed by atoms with Crippen LogP contribution in [-0.4, -0.2) is 50.6 Å². The molecule has 0 atom stereocenters.